The van der Waals surface area contributed by atoms with Crippen LogP contribution in [-0.2, 0) is 0 Å². The summed E-state index contributed by atoms with van der Waals surface area (Å²) in [5.41, 5.74) is 0.147. The van der Waals surface area contributed by atoms with Gasteiger partial charge >= 0.3 is 0 Å². The van der Waals surface area contributed by atoms with E-state index in [4.69, 9.17) is 0 Å². The molecule has 0 unspecified atom stereocenters. The van der Waals surface area contributed by atoms with Crippen LogP contribution in [0, 0.1) is 5.82 Å². The van der Waals surface area contributed by atoms with Crippen molar-refractivity contribution in [2.45, 2.75) is 0 Å². The van der Waals surface area contributed by atoms with Gasteiger partial charge in [0, 0.05) is 10.7 Å². The van der Waals surface area contributed by atoms with E-state index in [2.05, 4.69) is 15.9 Å². The predicted molar refractivity (Wildman–Crippen MR) is 66.7 cm³/mol. The van der Waals surface area contributed by atoms with Gasteiger partial charge in [-0.05, 0) is 23.6 Å². The van der Waals surface area contributed by atoms with Gasteiger partial charge in [0.25, 0.3) is 0 Å². The SMILES string of the molecule is O=C(CN1C=CSC1)c1ccc(Br)cc1F. The number of nitrogens with zero attached hydrogens (tertiary/aromatic N) is 1. The van der Waals surface area contributed by atoms with E-state index in [-0.39, 0.29) is 17.9 Å². The van der Waals surface area contributed by atoms with E-state index in [9.17, 15) is 9.18 Å². The Morgan fingerprint density at radius 3 is 3.00 bits per heavy atom. The van der Waals surface area contributed by atoms with Crippen LogP contribution < -0.4 is 0 Å². The molecule has 2 rings (SSSR count). The summed E-state index contributed by atoms with van der Waals surface area (Å²) in [7, 11) is 0. The second kappa shape index (κ2) is 5.01. The first-order valence-corrected chi connectivity index (χ1v) is 6.51. The third-order valence-electron chi connectivity index (χ3n) is 2.19. The molecule has 1 aliphatic rings. The molecule has 0 aliphatic carbocycles. The number of hydrogen-bond acceptors (Lipinski definition) is 3. The molecule has 1 aliphatic heterocycles. The van der Waals surface area contributed by atoms with E-state index in [1.165, 1.54) is 12.1 Å². The van der Waals surface area contributed by atoms with Crippen molar-refractivity contribution in [1.82, 2.24) is 4.90 Å². The van der Waals surface area contributed by atoms with Gasteiger partial charge in [-0.25, -0.2) is 4.39 Å². The first-order chi connectivity index (χ1) is 7.66. The fraction of sp³-hybridized carbons (Fsp3) is 0.182. The summed E-state index contributed by atoms with van der Waals surface area (Å²) in [5.74, 6) is 0.0801. The molecule has 1 aromatic rings. The Kier molecular flexibility index (Phi) is 3.66. The molecule has 0 aromatic heterocycles. The molecule has 0 bridgehead atoms. The number of carbonyl (C=O) groups excluding carboxylic acids is 1. The number of benzene rings is 1. The van der Waals surface area contributed by atoms with Crippen LogP contribution in [-0.4, -0.2) is 23.1 Å². The predicted octanol–water partition coefficient (Wildman–Crippen LogP) is 3.25. The van der Waals surface area contributed by atoms with Crippen LogP contribution in [0.3, 0.4) is 0 Å². The molecule has 0 saturated heterocycles. The van der Waals surface area contributed by atoms with Gasteiger partial charge in [0.05, 0.1) is 18.0 Å². The second-order valence-corrected chi connectivity index (χ2v) is 5.15. The van der Waals surface area contributed by atoms with E-state index in [0.717, 1.165) is 5.88 Å². The molecule has 0 amide bonds. The van der Waals surface area contributed by atoms with Crippen LogP contribution >= 0.6 is 27.7 Å². The lowest BCUT2D eigenvalue weighted by Gasteiger charge is -2.13. The fourth-order valence-corrected chi connectivity index (χ4v) is 2.44. The van der Waals surface area contributed by atoms with E-state index in [1.54, 1.807) is 17.8 Å². The zero-order valence-corrected chi connectivity index (χ0v) is 10.7. The summed E-state index contributed by atoms with van der Waals surface area (Å²) >= 11 is 4.78. The first kappa shape index (κ1) is 11.7. The lowest BCUT2D eigenvalue weighted by Crippen LogP contribution is -2.23. The maximum atomic E-state index is 13.5. The van der Waals surface area contributed by atoms with Crippen molar-refractivity contribution in [2.24, 2.45) is 0 Å². The van der Waals surface area contributed by atoms with Gasteiger partial charge in [0.15, 0.2) is 5.78 Å². The summed E-state index contributed by atoms with van der Waals surface area (Å²) in [4.78, 5) is 13.6. The third-order valence-corrected chi connectivity index (χ3v) is 3.47. The molecule has 0 N–H and O–H groups in total. The maximum absolute atomic E-state index is 13.5. The molecule has 16 heavy (non-hydrogen) atoms. The van der Waals surface area contributed by atoms with Crippen LogP contribution in [0.4, 0.5) is 4.39 Å². The Morgan fingerprint density at radius 2 is 2.38 bits per heavy atom. The Balaban J connectivity index is 2.11. The van der Waals surface area contributed by atoms with Crippen LogP contribution in [0.5, 0.6) is 0 Å². The molecular weight excluding hydrogens is 293 g/mol. The van der Waals surface area contributed by atoms with Crippen molar-refractivity contribution >= 4 is 33.5 Å². The minimum atomic E-state index is -0.477. The highest BCUT2D eigenvalue weighted by atomic mass is 79.9. The summed E-state index contributed by atoms with van der Waals surface area (Å²) in [6.07, 6.45) is 1.85. The Bertz CT molecular complexity index is 450. The number of halogens is 2. The molecule has 0 atom stereocenters. The van der Waals surface area contributed by atoms with Gasteiger partial charge in [-0.3, -0.25) is 4.79 Å². The molecule has 0 radical (unpaired) electrons. The third kappa shape index (κ3) is 2.65. The average Bonchev–Trinajstić information content (AvgIpc) is 2.70. The first-order valence-electron chi connectivity index (χ1n) is 4.67. The number of carbonyl (C=O) groups is 1. The summed E-state index contributed by atoms with van der Waals surface area (Å²) in [6, 6.07) is 4.49. The van der Waals surface area contributed by atoms with Gasteiger partial charge in [-0.2, -0.15) is 0 Å². The zero-order valence-electron chi connectivity index (χ0n) is 8.32. The van der Waals surface area contributed by atoms with Crippen LogP contribution in [0.1, 0.15) is 10.4 Å². The number of rotatable bonds is 3. The maximum Gasteiger partial charge on any atom is 0.185 e. The minimum Gasteiger partial charge on any atom is -0.360 e. The number of thioether (sulfide) groups is 1. The summed E-state index contributed by atoms with van der Waals surface area (Å²) in [5, 5.41) is 1.92. The van der Waals surface area contributed by atoms with E-state index in [1.807, 2.05) is 16.5 Å². The van der Waals surface area contributed by atoms with Gasteiger partial charge in [-0.1, -0.05) is 15.9 Å². The number of hydrogen-bond donors (Lipinski definition) is 0. The molecule has 1 aromatic carbocycles. The smallest absolute Gasteiger partial charge is 0.185 e. The topological polar surface area (TPSA) is 20.3 Å². The van der Waals surface area contributed by atoms with Crippen molar-refractivity contribution in [3.8, 4) is 0 Å². The summed E-state index contributed by atoms with van der Waals surface area (Å²) in [6.45, 7) is 0.224. The van der Waals surface area contributed by atoms with Crippen molar-refractivity contribution in [3.63, 3.8) is 0 Å². The van der Waals surface area contributed by atoms with Crippen LogP contribution in [0.2, 0.25) is 0 Å². The Morgan fingerprint density at radius 1 is 1.56 bits per heavy atom. The van der Waals surface area contributed by atoms with Crippen molar-refractivity contribution < 1.29 is 9.18 Å². The molecule has 2 nitrogen and oxygen atoms in total. The highest BCUT2D eigenvalue weighted by Gasteiger charge is 2.15. The molecule has 0 fully saturated rings. The minimum absolute atomic E-state index is 0.147. The standard InChI is InChI=1S/C11H9BrFNOS/c12-8-1-2-9(10(13)5-8)11(15)6-14-3-4-16-7-14/h1-5H,6-7H2. The van der Waals surface area contributed by atoms with Crippen molar-refractivity contribution in [2.75, 3.05) is 12.4 Å². The molecule has 0 spiro atoms. The lowest BCUT2D eigenvalue weighted by atomic mass is 10.1. The van der Waals surface area contributed by atoms with Crippen molar-refractivity contribution in [1.29, 1.82) is 0 Å². The van der Waals surface area contributed by atoms with Gasteiger partial charge in [0.1, 0.15) is 5.82 Å². The quantitative estimate of drug-likeness (QED) is 0.800. The Labute approximate surface area is 106 Å². The fourth-order valence-electron chi connectivity index (χ4n) is 1.39. The normalized spacial score (nSPS) is 14.5. The van der Waals surface area contributed by atoms with E-state index in [0.29, 0.717) is 4.47 Å². The van der Waals surface area contributed by atoms with Crippen molar-refractivity contribution in [3.05, 3.63) is 45.7 Å². The average molecular weight is 302 g/mol. The molecule has 0 saturated carbocycles. The number of Topliss-reactive ketones (excluding diaryl/α,β-unsaturated/α-hetero) is 1. The zero-order chi connectivity index (χ0) is 11.5. The molecular formula is C11H9BrFNOS. The van der Waals surface area contributed by atoms with E-state index >= 15 is 0 Å². The van der Waals surface area contributed by atoms with Crippen LogP contribution in [0.15, 0.2) is 34.3 Å². The van der Waals surface area contributed by atoms with E-state index < -0.39 is 5.82 Å². The lowest BCUT2D eigenvalue weighted by molar-refractivity contribution is 0.0959. The summed E-state index contributed by atoms with van der Waals surface area (Å²) < 4.78 is 14.1. The second-order valence-electron chi connectivity index (χ2n) is 3.38. The number of ketones is 1. The van der Waals surface area contributed by atoms with Gasteiger partial charge < -0.3 is 4.90 Å². The Hall–Kier alpha value is -0.810. The highest BCUT2D eigenvalue weighted by molar-refractivity contribution is 9.10. The largest absolute Gasteiger partial charge is 0.360 e. The monoisotopic (exact) mass is 301 g/mol. The van der Waals surface area contributed by atoms with Crippen LogP contribution in [0.25, 0.3) is 0 Å². The van der Waals surface area contributed by atoms with Gasteiger partial charge in [0.2, 0.25) is 0 Å². The van der Waals surface area contributed by atoms with Gasteiger partial charge in [-0.15, -0.1) is 11.8 Å². The highest BCUT2D eigenvalue weighted by Crippen LogP contribution is 2.18. The molecule has 5 heteroatoms. The molecule has 1 heterocycles. The molecule has 84 valence electrons.